The van der Waals surface area contributed by atoms with Crippen molar-refractivity contribution in [1.82, 2.24) is 0 Å². The Morgan fingerprint density at radius 3 is 2.35 bits per heavy atom. The average molecular weight is 290 g/mol. The van der Waals surface area contributed by atoms with E-state index in [2.05, 4.69) is 19.1 Å². The largest absolute Gasteiger partial charge is 0.332 e. The van der Waals surface area contributed by atoms with Crippen LogP contribution in [-0.2, 0) is 15.3 Å². The quantitative estimate of drug-likeness (QED) is 0.831. The van der Waals surface area contributed by atoms with Crippen LogP contribution in [0.4, 0.5) is 0 Å². The van der Waals surface area contributed by atoms with Gasteiger partial charge in [-0.2, -0.15) is 0 Å². The maximum absolute atomic E-state index is 11.7. The van der Waals surface area contributed by atoms with E-state index in [1.807, 2.05) is 36.4 Å². The molecule has 2 rings (SSSR count). The molecule has 0 saturated carbocycles. The van der Waals surface area contributed by atoms with Gasteiger partial charge in [-0.3, -0.25) is 4.57 Å². The van der Waals surface area contributed by atoms with E-state index in [9.17, 15) is 9.46 Å². The smallest absolute Gasteiger partial charge is 0.324 e. The first-order valence-electron chi connectivity index (χ1n) is 6.63. The highest BCUT2D eigenvalue weighted by molar-refractivity contribution is 7.51. The molecule has 0 aliphatic rings. The van der Waals surface area contributed by atoms with Gasteiger partial charge >= 0.3 is 7.60 Å². The summed E-state index contributed by atoms with van der Waals surface area (Å²) in [5, 5.41) is 0. The van der Waals surface area contributed by atoms with Crippen LogP contribution >= 0.6 is 7.60 Å². The van der Waals surface area contributed by atoms with Crippen molar-refractivity contribution in [3.05, 3.63) is 59.7 Å². The van der Waals surface area contributed by atoms with Crippen LogP contribution in [0.3, 0.4) is 0 Å². The molecule has 20 heavy (non-hydrogen) atoms. The van der Waals surface area contributed by atoms with Gasteiger partial charge in [-0.05, 0) is 36.1 Å². The summed E-state index contributed by atoms with van der Waals surface area (Å²) in [4.78, 5) is 9.63. The van der Waals surface area contributed by atoms with Crippen molar-refractivity contribution >= 4 is 7.60 Å². The van der Waals surface area contributed by atoms with E-state index < -0.39 is 7.60 Å². The molecule has 2 aromatic carbocycles. The van der Waals surface area contributed by atoms with Crippen LogP contribution in [-0.4, -0.2) is 11.5 Å². The molecular formula is C16H19O3P. The number of benzene rings is 2. The summed E-state index contributed by atoms with van der Waals surface area (Å²) in [6.45, 7) is 4.03. The standard InChI is InChI=1S/C16H19O3P/c1-3-19-20(17,18)12-14-8-10-15(11-9-14)16-7-5-4-6-13(16)2/h4-11H,3,12H2,1-2H3,(H,17,18). The summed E-state index contributed by atoms with van der Waals surface area (Å²) in [7, 11) is -3.51. The predicted molar refractivity (Wildman–Crippen MR) is 81.8 cm³/mol. The van der Waals surface area contributed by atoms with Crippen molar-refractivity contribution in [3.8, 4) is 11.1 Å². The van der Waals surface area contributed by atoms with Crippen LogP contribution in [0.1, 0.15) is 18.1 Å². The molecule has 0 saturated heterocycles. The molecular weight excluding hydrogens is 271 g/mol. The SMILES string of the molecule is CCOP(=O)(O)Cc1ccc(-c2ccccc2C)cc1. The molecule has 0 aromatic heterocycles. The molecule has 2 aromatic rings. The van der Waals surface area contributed by atoms with E-state index in [1.54, 1.807) is 6.92 Å². The van der Waals surface area contributed by atoms with Crippen molar-refractivity contribution in [2.45, 2.75) is 20.0 Å². The van der Waals surface area contributed by atoms with Gasteiger partial charge in [0.2, 0.25) is 0 Å². The lowest BCUT2D eigenvalue weighted by atomic mass is 10.00. The van der Waals surface area contributed by atoms with Gasteiger partial charge in [-0.15, -0.1) is 0 Å². The van der Waals surface area contributed by atoms with Crippen LogP contribution in [0.5, 0.6) is 0 Å². The second kappa shape index (κ2) is 6.36. The zero-order chi connectivity index (χ0) is 14.6. The first-order chi connectivity index (χ1) is 9.52. The minimum Gasteiger partial charge on any atom is -0.324 e. The van der Waals surface area contributed by atoms with Gasteiger partial charge < -0.3 is 9.42 Å². The first kappa shape index (κ1) is 15.0. The van der Waals surface area contributed by atoms with Crippen molar-refractivity contribution in [3.63, 3.8) is 0 Å². The van der Waals surface area contributed by atoms with Crippen LogP contribution in [0.25, 0.3) is 11.1 Å². The van der Waals surface area contributed by atoms with Gasteiger partial charge in [0.25, 0.3) is 0 Å². The molecule has 0 fully saturated rings. The van der Waals surface area contributed by atoms with Crippen molar-refractivity contribution in [1.29, 1.82) is 0 Å². The van der Waals surface area contributed by atoms with Gasteiger partial charge in [-0.1, -0.05) is 48.5 Å². The molecule has 0 spiro atoms. The molecule has 0 heterocycles. The van der Waals surface area contributed by atoms with E-state index >= 15 is 0 Å². The van der Waals surface area contributed by atoms with Crippen LogP contribution in [0, 0.1) is 6.92 Å². The third-order valence-electron chi connectivity index (χ3n) is 3.12. The van der Waals surface area contributed by atoms with Crippen molar-refractivity contribution in [2.75, 3.05) is 6.61 Å². The highest BCUT2D eigenvalue weighted by atomic mass is 31.2. The molecule has 106 valence electrons. The molecule has 0 bridgehead atoms. The Balaban J connectivity index is 2.19. The Hall–Kier alpha value is -1.41. The van der Waals surface area contributed by atoms with Gasteiger partial charge in [-0.25, -0.2) is 0 Å². The number of rotatable bonds is 5. The molecule has 0 amide bonds. The summed E-state index contributed by atoms with van der Waals surface area (Å²) >= 11 is 0. The summed E-state index contributed by atoms with van der Waals surface area (Å²) < 4.78 is 16.6. The van der Waals surface area contributed by atoms with E-state index in [-0.39, 0.29) is 12.8 Å². The molecule has 1 atom stereocenters. The fraction of sp³-hybridized carbons (Fsp3) is 0.250. The Morgan fingerprint density at radius 1 is 1.10 bits per heavy atom. The minimum atomic E-state index is -3.51. The molecule has 3 nitrogen and oxygen atoms in total. The lowest BCUT2D eigenvalue weighted by Crippen LogP contribution is -1.93. The fourth-order valence-corrected chi connectivity index (χ4v) is 3.33. The second-order valence-electron chi connectivity index (χ2n) is 4.73. The first-order valence-corrected chi connectivity index (χ1v) is 8.39. The summed E-state index contributed by atoms with van der Waals surface area (Å²) in [6.07, 6.45) is 0.0505. The monoisotopic (exact) mass is 290 g/mol. The normalized spacial score (nSPS) is 13.9. The summed E-state index contributed by atoms with van der Waals surface area (Å²) in [5.74, 6) is 0. The summed E-state index contributed by atoms with van der Waals surface area (Å²) in [5.41, 5.74) is 4.30. The van der Waals surface area contributed by atoms with Crippen molar-refractivity contribution < 1.29 is 14.0 Å². The highest BCUT2D eigenvalue weighted by Crippen LogP contribution is 2.45. The minimum absolute atomic E-state index is 0.0505. The second-order valence-corrected chi connectivity index (χ2v) is 6.57. The molecule has 1 N–H and O–H groups in total. The van der Waals surface area contributed by atoms with E-state index in [0.717, 1.165) is 11.1 Å². The molecule has 1 unspecified atom stereocenters. The van der Waals surface area contributed by atoms with E-state index in [4.69, 9.17) is 4.52 Å². The van der Waals surface area contributed by atoms with Crippen LogP contribution in [0.15, 0.2) is 48.5 Å². The zero-order valence-corrected chi connectivity index (χ0v) is 12.6. The lowest BCUT2D eigenvalue weighted by molar-refractivity contribution is 0.272. The topological polar surface area (TPSA) is 46.5 Å². The molecule has 4 heteroatoms. The van der Waals surface area contributed by atoms with Crippen LogP contribution in [0.2, 0.25) is 0 Å². The molecule has 0 aliphatic heterocycles. The number of hydrogen-bond acceptors (Lipinski definition) is 2. The molecule has 0 aliphatic carbocycles. The van der Waals surface area contributed by atoms with E-state index in [0.29, 0.717) is 0 Å². The lowest BCUT2D eigenvalue weighted by Gasteiger charge is -2.11. The third-order valence-corrected chi connectivity index (χ3v) is 4.55. The van der Waals surface area contributed by atoms with Gasteiger partial charge in [0.1, 0.15) is 0 Å². The maximum atomic E-state index is 11.7. The Kier molecular flexibility index (Phi) is 4.77. The number of aryl methyl sites for hydroxylation is 1. The van der Waals surface area contributed by atoms with Gasteiger partial charge in [0.05, 0.1) is 12.8 Å². The molecule has 0 radical (unpaired) electrons. The Bertz CT molecular complexity index is 620. The Labute approximate surface area is 119 Å². The maximum Gasteiger partial charge on any atom is 0.332 e. The fourth-order valence-electron chi connectivity index (χ4n) is 2.16. The highest BCUT2D eigenvalue weighted by Gasteiger charge is 2.18. The third kappa shape index (κ3) is 3.80. The number of hydrogen-bond donors (Lipinski definition) is 1. The van der Waals surface area contributed by atoms with E-state index in [1.165, 1.54) is 11.1 Å². The zero-order valence-electron chi connectivity index (χ0n) is 11.7. The van der Waals surface area contributed by atoms with Crippen LogP contribution < -0.4 is 0 Å². The van der Waals surface area contributed by atoms with Crippen molar-refractivity contribution in [2.24, 2.45) is 0 Å². The summed E-state index contributed by atoms with van der Waals surface area (Å²) in [6, 6.07) is 15.9. The Morgan fingerprint density at radius 2 is 1.75 bits per heavy atom. The predicted octanol–water partition coefficient (Wildman–Crippen LogP) is 4.38. The average Bonchev–Trinajstić information content (AvgIpc) is 2.40. The van der Waals surface area contributed by atoms with Gasteiger partial charge in [0, 0.05) is 0 Å². The van der Waals surface area contributed by atoms with Gasteiger partial charge in [0.15, 0.2) is 0 Å².